The first-order chi connectivity index (χ1) is 9.22. The molecule has 0 fully saturated rings. The second kappa shape index (κ2) is 5.95. The minimum Gasteiger partial charge on any atom is -0.264 e. The highest BCUT2D eigenvalue weighted by molar-refractivity contribution is 6.33. The molecular weight excluding hydrogens is 269 g/mol. The van der Waals surface area contributed by atoms with Gasteiger partial charge in [-0.3, -0.25) is 9.98 Å². The van der Waals surface area contributed by atoms with Gasteiger partial charge in [0.05, 0.1) is 5.02 Å². The van der Waals surface area contributed by atoms with Crippen LogP contribution in [0.25, 0.3) is 10.4 Å². The molecule has 0 radical (unpaired) electrons. The van der Waals surface area contributed by atoms with Gasteiger partial charge in [0.25, 0.3) is 0 Å². The lowest BCUT2D eigenvalue weighted by Gasteiger charge is -2.00. The van der Waals surface area contributed by atoms with Crippen LogP contribution in [0, 0.1) is 5.82 Å². The van der Waals surface area contributed by atoms with E-state index in [1.807, 2.05) is 0 Å². The number of pyridine rings is 1. The molecule has 0 bridgehead atoms. The van der Waals surface area contributed by atoms with E-state index in [0.717, 1.165) is 0 Å². The number of azide groups is 1. The lowest BCUT2D eigenvalue weighted by atomic mass is 10.2. The van der Waals surface area contributed by atoms with Gasteiger partial charge >= 0.3 is 0 Å². The van der Waals surface area contributed by atoms with Crippen molar-refractivity contribution >= 4 is 29.2 Å². The standard InChI is InChI=1S/C12H7ClFN5/c13-9-2-1-3-10(14)12(9)17-7-8-6-16-5-4-11(8)18-19-15/h1-7H. The normalized spacial score (nSPS) is 10.4. The van der Waals surface area contributed by atoms with Crippen LogP contribution < -0.4 is 0 Å². The van der Waals surface area contributed by atoms with E-state index in [2.05, 4.69) is 20.0 Å². The van der Waals surface area contributed by atoms with Gasteiger partial charge in [0.2, 0.25) is 0 Å². The third-order valence-electron chi connectivity index (χ3n) is 2.25. The second-order valence-electron chi connectivity index (χ2n) is 3.45. The van der Waals surface area contributed by atoms with Gasteiger partial charge in [-0.15, -0.1) is 0 Å². The Morgan fingerprint density at radius 2 is 2.21 bits per heavy atom. The monoisotopic (exact) mass is 275 g/mol. The van der Waals surface area contributed by atoms with Gasteiger partial charge in [0, 0.05) is 34.8 Å². The van der Waals surface area contributed by atoms with E-state index < -0.39 is 5.82 Å². The summed E-state index contributed by atoms with van der Waals surface area (Å²) in [5, 5.41) is 3.69. The van der Waals surface area contributed by atoms with Crippen LogP contribution in [0.2, 0.25) is 5.02 Å². The first-order valence-electron chi connectivity index (χ1n) is 5.19. The Balaban J connectivity index is 2.41. The SMILES string of the molecule is [N-]=[N+]=Nc1ccncc1C=Nc1c(F)cccc1Cl. The van der Waals surface area contributed by atoms with Crippen LogP contribution in [0.1, 0.15) is 5.56 Å². The average Bonchev–Trinajstić information content (AvgIpc) is 2.40. The zero-order valence-electron chi connectivity index (χ0n) is 9.53. The summed E-state index contributed by atoms with van der Waals surface area (Å²) in [6.45, 7) is 0. The molecule has 0 saturated heterocycles. The van der Waals surface area contributed by atoms with Crippen LogP contribution in [-0.4, -0.2) is 11.2 Å². The fraction of sp³-hybridized carbons (Fsp3) is 0. The first kappa shape index (κ1) is 13.0. The van der Waals surface area contributed by atoms with Crippen LogP contribution in [-0.2, 0) is 0 Å². The van der Waals surface area contributed by atoms with Crippen molar-refractivity contribution in [2.45, 2.75) is 0 Å². The highest BCUT2D eigenvalue weighted by Gasteiger charge is 2.04. The van der Waals surface area contributed by atoms with Gasteiger partial charge in [-0.2, -0.15) is 0 Å². The summed E-state index contributed by atoms with van der Waals surface area (Å²) in [5.74, 6) is -0.530. The molecular formula is C12H7ClFN5. The minimum absolute atomic E-state index is 0.0277. The molecule has 2 rings (SSSR count). The summed E-state index contributed by atoms with van der Waals surface area (Å²) in [4.78, 5) is 10.5. The Morgan fingerprint density at radius 3 is 2.95 bits per heavy atom. The van der Waals surface area contributed by atoms with Crippen LogP contribution >= 0.6 is 11.6 Å². The number of benzene rings is 1. The average molecular weight is 276 g/mol. The number of aromatic nitrogens is 1. The molecule has 0 aliphatic carbocycles. The molecule has 1 aromatic carbocycles. The van der Waals surface area contributed by atoms with Gasteiger partial charge in [0.15, 0.2) is 0 Å². The van der Waals surface area contributed by atoms with Crippen molar-refractivity contribution in [3.05, 3.63) is 63.5 Å². The van der Waals surface area contributed by atoms with E-state index in [-0.39, 0.29) is 10.7 Å². The Kier molecular flexibility index (Phi) is 4.07. The molecule has 0 unspecified atom stereocenters. The predicted octanol–water partition coefficient (Wildman–Crippen LogP) is 4.57. The van der Waals surface area contributed by atoms with E-state index in [1.54, 1.807) is 0 Å². The Hall–Kier alpha value is -2.43. The van der Waals surface area contributed by atoms with Gasteiger partial charge in [-0.25, -0.2) is 4.39 Å². The number of hydrogen-bond donors (Lipinski definition) is 0. The number of halogens is 2. The molecule has 19 heavy (non-hydrogen) atoms. The number of nitrogens with zero attached hydrogens (tertiary/aromatic N) is 5. The molecule has 5 nitrogen and oxygen atoms in total. The van der Waals surface area contributed by atoms with Crippen molar-refractivity contribution in [2.24, 2.45) is 10.1 Å². The zero-order chi connectivity index (χ0) is 13.7. The summed E-state index contributed by atoms with van der Waals surface area (Å²) in [6.07, 6.45) is 4.29. The summed E-state index contributed by atoms with van der Waals surface area (Å²) < 4.78 is 13.5. The van der Waals surface area contributed by atoms with Crippen molar-refractivity contribution in [1.82, 2.24) is 4.98 Å². The number of aliphatic imine (C=N–C) groups is 1. The maximum atomic E-state index is 13.5. The Labute approximate surface area is 113 Å². The zero-order valence-corrected chi connectivity index (χ0v) is 10.3. The minimum atomic E-state index is -0.530. The summed E-state index contributed by atoms with van der Waals surface area (Å²) in [6, 6.07) is 5.82. The molecule has 0 spiro atoms. The van der Waals surface area contributed by atoms with E-state index in [0.29, 0.717) is 11.3 Å². The quantitative estimate of drug-likeness (QED) is 0.350. The molecule has 0 saturated carbocycles. The first-order valence-corrected chi connectivity index (χ1v) is 5.57. The maximum Gasteiger partial charge on any atom is 0.150 e. The Bertz CT molecular complexity index is 659. The molecule has 0 aliphatic rings. The predicted molar refractivity (Wildman–Crippen MR) is 71.7 cm³/mol. The molecule has 94 valence electrons. The van der Waals surface area contributed by atoms with Gasteiger partial charge < -0.3 is 0 Å². The highest BCUT2D eigenvalue weighted by Crippen LogP contribution is 2.28. The molecule has 2 aromatic rings. The van der Waals surface area contributed by atoms with Crippen LogP contribution in [0.15, 0.2) is 46.8 Å². The molecule has 0 amide bonds. The highest BCUT2D eigenvalue weighted by atomic mass is 35.5. The van der Waals surface area contributed by atoms with Crippen molar-refractivity contribution < 1.29 is 4.39 Å². The van der Waals surface area contributed by atoms with Crippen LogP contribution in [0.5, 0.6) is 0 Å². The van der Waals surface area contributed by atoms with Crippen molar-refractivity contribution in [3.8, 4) is 0 Å². The van der Waals surface area contributed by atoms with Crippen LogP contribution in [0.4, 0.5) is 15.8 Å². The van der Waals surface area contributed by atoms with Gasteiger partial charge in [0.1, 0.15) is 11.5 Å². The van der Waals surface area contributed by atoms with E-state index >= 15 is 0 Å². The fourth-order valence-electron chi connectivity index (χ4n) is 1.38. The lowest BCUT2D eigenvalue weighted by molar-refractivity contribution is 0.630. The third-order valence-corrected chi connectivity index (χ3v) is 2.56. The van der Waals surface area contributed by atoms with Crippen LogP contribution in [0.3, 0.4) is 0 Å². The topological polar surface area (TPSA) is 74.0 Å². The largest absolute Gasteiger partial charge is 0.264 e. The van der Waals surface area contributed by atoms with Crippen molar-refractivity contribution in [3.63, 3.8) is 0 Å². The molecule has 7 heteroatoms. The van der Waals surface area contributed by atoms with Crippen molar-refractivity contribution in [1.29, 1.82) is 0 Å². The number of rotatable bonds is 3. The fourth-order valence-corrected chi connectivity index (χ4v) is 1.60. The lowest BCUT2D eigenvalue weighted by Crippen LogP contribution is -1.85. The summed E-state index contributed by atoms with van der Waals surface area (Å²) in [7, 11) is 0. The molecule has 0 N–H and O–H groups in total. The third kappa shape index (κ3) is 3.07. The van der Waals surface area contributed by atoms with Gasteiger partial charge in [-0.05, 0) is 23.7 Å². The second-order valence-corrected chi connectivity index (χ2v) is 3.86. The van der Waals surface area contributed by atoms with E-state index in [4.69, 9.17) is 17.1 Å². The molecule has 1 aromatic heterocycles. The van der Waals surface area contributed by atoms with Gasteiger partial charge in [-0.1, -0.05) is 22.8 Å². The molecule has 1 heterocycles. The van der Waals surface area contributed by atoms with E-state index in [1.165, 1.54) is 42.9 Å². The maximum absolute atomic E-state index is 13.5. The number of hydrogen-bond acceptors (Lipinski definition) is 3. The molecule has 0 atom stereocenters. The summed E-state index contributed by atoms with van der Waals surface area (Å²) in [5.41, 5.74) is 9.28. The van der Waals surface area contributed by atoms with E-state index in [9.17, 15) is 4.39 Å². The Morgan fingerprint density at radius 1 is 1.37 bits per heavy atom. The number of para-hydroxylation sites is 1. The van der Waals surface area contributed by atoms with Crippen molar-refractivity contribution in [2.75, 3.05) is 0 Å². The smallest absolute Gasteiger partial charge is 0.150 e. The summed E-state index contributed by atoms with van der Waals surface area (Å²) >= 11 is 5.85. The molecule has 0 aliphatic heterocycles.